The Hall–Kier alpha value is -2.55. The van der Waals surface area contributed by atoms with Crippen LogP contribution >= 0.6 is 35.0 Å². The molecule has 0 spiro atoms. The molecule has 1 aromatic heterocycles. The summed E-state index contributed by atoms with van der Waals surface area (Å²) in [5.41, 5.74) is 3.26. The summed E-state index contributed by atoms with van der Waals surface area (Å²) in [5.74, 6) is 0.260. The van der Waals surface area contributed by atoms with Gasteiger partial charge < -0.3 is 15.2 Å². The van der Waals surface area contributed by atoms with Crippen molar-refractivity contribution in [1.29, 1.82) is 0 Å². The van der Waals surface area contributed by atoms with Crippen LogP contribution in [-0.4, -0.2) is 32.3 Å². The van der Waals surface area contributed by atoms with Crippen LogP contribution in [0.1, 0.15) is 40.3 Å². The fraction of sp³-hybridized carbons (Fsp3) is 0.273. The van der Waals surface area contributed by atoms with E-state index in [-0.39, 0.29) is 22.6 Å². The number of aryl methyl sites for hydroxylation is 2. The lowest BCUT2D eigenvalue weighted by atomic mass is 10.1. The van der Waals surface area contributed by atoms with E-state index < -0.39 is 6.04 Å². The number of carbonyl (C=O) groups excluding carboxylic acids is 2. The summed E-state index contributed by atoms with van der Waals surface area (Å²) in [4.78, 5) is 24.9. The SMILES string of the molecule is Cc1ccc(NC(=O)CSc2nnc(C(C)NC(=O)c3ccc(Cl)cc3Cl)n2C)c(C)c1. The maximum absolute atomic E-state index is 12.6. The van der Waals surface area contributed by atoms with Gasteiger partial charge in [-0.1, -0.05) is 52.7 Å². The summed E-state index contributed by atoms with van der Waals surface area (Å²) < 4.78 is 1.75. The van der Waals surface area contributed by atoms with Crippen LogP contribution in [0.15, 0.2) is 41.6 Å². The van der Waals surface area contributed by atoms with Gasteiger partial charge in [-0.05, 0) is 50.6 Å². The predicted molar refractivity (Wildman–Crippen MR) is 129 cm³/mol. The molecule has 0 saturated carbocycles. The van der Waals surface area contributed by atoms with Gasteiger partial charge in [-0.15, -0.1) is 10.2 Å². The first-order valence-corrected chi connectivity index (χ1v) is 11.5. The monoisotopic (exact) mass is 491 g/mol. The summed E-state index contributed by atoms with van der Waals surface area (Å²) in [5, 5.41) is 15.4. The third kappa shape index (κ3) is 5.82. The van der Waals surface area contributed by atoms with Crippen LogP contribution in [-0.2, 0) is 11.8 Å². The van der Waals surface area contributed by atoms with Crippen LogP contribution in [0.3, 0.4) is 0 Å². The lowest BCUT2D eigenvalue weighted by molar-refractivity contribution is -0.113. The molecule has 0 fully saturated rings. The average molecular weight is 492 g/mol. The third-order valence-corrected chi connectivity index (χ3v) is 6.34. The first-order valence-electron chi connectivity index (χ1n) is 9.80. The molecule has 1 heterocycles. The number of anilines is 1. The molecule has 7 nitrogen and oxygen atoms in total. The van der Waals surface area contributed by atoms with Crippen molar-refractivity contribution in [1.82, 2.24) is 20.1 Å². The fourth-order valence-electron chi connectivity index (χ4n) is 3.11. The van der Waals surface area contributed by atoms with Crippen LogP contribution in [0.4, 0.5) is 5.69 Å². The number of benzene rings is 2. The number of nitrogens with zero attached hydrogens (tertiary/aromatic N) is 3. The summed E-state index contributed by atoms with van der Waals surface area (Å²) in [6.07, 6.45) is 0. The highest BCUT2D eigenvalue weighted by molar-refractivity contribution is 7.99. The molecule has 0 aliphatic carbocycles. The molecule has 3 aromatic rings. The Morgan fingerprint density at radius 2 is 1.88 bits per heavy atom. The molecule has 0 radical (unpaired) electrons. The third-order valence-electron chi connectivity index (χ3n) is 4.77. The van der Waals surface area contributed by atoms with Crippen molar-refractivity contribution in [2.24, 2.45) is 7.05 Å². The van der Waals surface area contributed by atoms with Gasteiger partial charge in [-0.25, -0.2) is 0 Å². The van der Waals surface area contributed by atoms with Gasteiger partial charge in [0.05, 0.1) is 22.4 Å². The minimum absolute atomic E-state index is 0.134. The number of hydrogen-bond acceptors (Lipinski definition) is 5. The molecule has 0 bridgehead atoms. The highest BCUT2D eigenvalue weighted by Crippen LogP contribution is 2.23. The van der Waals surface area contributed by atoms with Crippen molar-refractivity contribution < 1.29 is 9.59 Å². The molecule has 2 amide bonds. The van der Waals surface area contributed by atoms with E-state index in [2.05, 4.69) is 20.8 Å². The average Bonchev–Trinajstić information content (AvgIpc) is 3.09. The highest BCUT2D eigenvalue weighted by atomic mass is 35.5. The van der Waals surface area contributed by atoms with E-state index in [1.54, 1.807) is 30.7 Å². The predicted octanol–water partition coefficient (Wildman–Crippen LogP) is 4.96. The number of carbonyl (C=O) groups is 2. The molecule has 0 saturated heterocycles. The van der Waals surface area contributed by atoms with Crippen LogP contribution in [0.2, 0.25) is 10.0 Å². The largest absolute Gasteiger partial charge is 0.342 e. The normalized spacial score (nSPS) is 11.8. The minimum Gasteiger partial charge on any atom is -0.342 e. The van der Waals surface area contributed by atoms with E-state index in [1.165, 1.54) is 17.8 Å². The van der Waals surface area contributed by atoms with Gasteiger partial charge in [0.1, 0.15) is 0 Å². The minimum atomic E-state index is -0.426. The van der Waals surface area contributed by atoms with E-state index >= 15 is 0 Å². The zero-order valence-corrected chi connectivity index (χ0v) is 20.4. The molecule has 168 valence electrons. The van der Waals surface area contributed by atoms with Gasteiger partial charge >= 0.3 is 0 Å². The van der Waals surface area contributed by atoms with Crippen molar-refractivity contribution in [3.8, 4) is 0 Å². The first kappa shape index (κ1) is 24.1. The van der Waals surface area contributed by atoms with Crippen molar-refractivity contribution in [3.63, 3.8) is 0 Å². The Labute approximate surface area is 200 Å². The van der Waals surface area contributed by atoms with Crippen LogP contribution in [0.5, 0.6) is 0 Å². The molecule has 0 aliphatic rings. The second-order valence-electron chi connectivity index (χ2n) is 7.37. The lowest BCUT2D eigenvalue weighted by Crippen LogP contribution is -2.28. The molecule has 2 aromatic carbocycles. The van der Waals surface area contributed by atoms with Crippen LogP contribution < -0.4 is 10.6 Å². The molecular weight excluding hydrogens is 469 g/mol. The van der Waals surface area contributed by atoms with E-state index in [1.807, 2.05) is 32.0 Å². The Morgan fingerprint density at radius 1 is 1.12 bits per heavy atom. The van der Waals surface area contributed by atoms with Crippen LogP contribution in [0, 0.1) is 13.8 Å². The number of halogens is 2. The standard InChI is InChI=1S/C22H23Cl2N5O2S/c1-12-5-8-18(13(2)9-12)26-19(30)11-32-22-28-27-20(29(22)4)14(3)25-21(31)16-7-6-15(23)10-17(16)24/h5-10,14H,11H2,1-4H3,(H,25,31)(H,26,30). The molecular formula is C22H23Cl2N5O2S. The van der Waals surface area contributed by atoms with Crippen molar-refractivity contribution in [2.45, 2.75) is 32.0 Å². The smallest absolute Gasteiger partial charge is 0.253 e. The zero-order chi connectivity index (χ0) is 23.4. The van der Waals surface area contributed by atoms with E-state index in [4.69, 9.17) is 23.2 Å². The number of amides is 2. The van der Waals surface area contributed by atoms with Gasteiger partial charge in [0.25, 0.3) is 5.91 Å². The topological polar surface area (TPSA) is 88.9 Å². The number of rotatable bonds is 7. The van der Waals surface area contributed by atoms with E-state index in [0.717, 1.165) is 16.8 Å². The first-order chi connectivity index (χ1) is 15.2. The van der Waals surface area contributed by atoms with Crippen molar-refractivity contribution >= 4 is 52.5 Å². The van der Waals surface area contributed by atoms with Crippen LogP contribution in [0.25, 0.3) is 0 Å². The zero-order valence-electron chi connectivity index (χ0n) is 18.1. The molecule has 32 heavy (non-hydrogen) atoms. The maximum Gasteiger partial charge on any atom is 0.253 e. The van der Waals surface area contributed by atoms with Crippen molar-refractivity contribution in [2.75, 3.05) is 11.1 Å². The number of aromatic nitrogens is 3. The van der Waals surface area contributed by atoms with Gasteiger partial charge in [0.15, 0.2) is 11.0 Å². The summed E-state index contributed by atoms with van der Waals surface area (Å²) in [6, 6.07) is 10.1. The number of hydrogen-bond donors (Lipinski definition) is 2. The Morgan fingerprint density at radius 3 is 2.56 bits per heavy atom. The summed E-state index contributed by atoms with van der Waals surface area (Å²) in [7, 11) is 1.79. The van der Waals surface area contributed by atoms with E-state index in [0.29, 0.717) is 21.6 Å². The van der Waals surface area contributed by atoms with Gasteiger partial charge in [0.2, 0.25) is 5.91 Å². The number of thioether (sulfide) groups is 1. The van der Waals surface area contributed by atoms with Gasteiger partial charge in [-0.2, -0.15) is 0 Å². The lowest BCUT2D eigenvalue weighted by Gasteiger charge is -2.14. The van der Waals surface area contributed by atoms with Crippen molar-refractivity contribution in [3.05, 3.63) is 69.0 Å². The van der Waals surface area contributed by atoms with E-state index in [9.17, 15) is 9.59 Å². The highest BCUT2D eigenvalue weighted by Gasteiger charge is 2.20. The summed E-state index contributed by atoms with van der Waals surface area (Å²) in [6.45, 7) is 5.76. The molecule has 1 unspecified atom stereocenters. The summed E-state index contributed by atoms with van der Waals surface area (Å²) >= 11 is 13.3. The Bertz CT molecular complexity index is 1170. The molecule has 0 aliphatic heterocycles. The molecule has 3 rings (SSSR count). The molecule has 1 atom stereocenters. The molecule has 10 heteroatoms. The number of nitrogens with one attached hydrogen (secondary N) is 2. The second-order valence-corrected chi connectivity index (χ2v) is 9.16. The Kier molecular flexibility index (Phi) is 7.82. The molecule has 2 N–H and O–H groups in total. The maximum atomic E-state index is 12.6. The fourth-order valence-corrected chi connectivity index (χ4v) is 4.32. The second kappa shape index (κ2) is 10.4. The van der Waals surface area contributed by atoms with Gasteiger partial charge in [-0.3, -0.25) is 9.59 Å². The van der Waals surface area contributed by atoms with Gasteiger partial charge in [0, 0.05) is 17.8 Å². The Balaban J connectivity index is 1.60. The quantitative estimate of drug-likeness (QED) is 0.455.